The van der Waals surface area contributed by atoms with Crippen LogP contribution in [0.15, 0.2) is 12.7 Å². The van der Waals surface area contributed by atoms with Crippen molar-refractivity contribution in [3.63, 3.8) is 0 Å². The minimum atomic E-state index is -0.318. The number of ether oxygens (including phenoxy) is 1. The summed E-state index contributed by atoms with van der Waals surface area (Å²) in [6.07, 6.45) is 5.71. The molecule has 0 aromatic heterocycles. The minimum Gasteiger partial charge on any atom is -0.462 e. The van der Waals surface area contributed by atoms with Crippen LogP contribution >= 0.6 is 0 Å². The van der Waals surface area contributed by atoms with Crippen molar-refractivity contribution in [2.45, 2.75) is 45.6 Å². The number of rotatable bonds is 4. The lowest BCUT2D eigenvalue weighted by molar-refractivity contribution is -0.138. The SMILES string of the molecule is C=CCC1(C=O)CCNCC1.CC(C)(C)OC=O. The van der Waals surface area contributed by atoms with E-state index in [1.54, 1.807) is 0 Å². The summed E-state index contributed by atoms with van der Waals surface area (Å²) in [7, 11) is 0. The highest BCUT2D eigenvalue weighted by Crippen LogP contribution is 2.30. The highest BCUT2D eigenvalue weighted by atomic mass is 16.5. The molecule has 1 saturated heterocycles. The molecule has 0 radical (unpaired) electrons. The maximum atomic E-state index is 10.8. The molecule has 104 valence electrons. The molecule has 0 spiro atoms. The molecule has 0 aromatic carbocycles. The summed E-state index contributed by atoms with van der Waals surface area (Å²) < 4.78 is 4.55. The van der Waals surface area contributed by atoms with Gasteiger partial charge in [0.1, 0.15) is 11.9 Å². The molecule has 1 rings (SSSR count). The fraction of sp³-hybridized carbons (Fsp3) is 0.714. The third-order valence-corrected chi connectivity index (χ3v) is 2.80. The average Bonchev–Trinajstić information content (AvgIpc) is 2.30. The minimum absolute atomic E-state index is 0.0903. The fourth-order valence-electron chi connectivity index (χ4n) is 1.73. The molecule has 0 bridgehead atoms. The van der Waals surface area contributed by atoms with Gasteiger partial charge in [-0.05, 0) is 53.1 Å². The summed E-state index contributed by atoms with van der Waals surface area (Å²) in [5.41, 5.74) is -0.408. The Bertz CT molecular complexity index is 263. The second kappa shape index (κ2) is 8.03. The lowest BCUT2D eigenvalue weighted by Crippen LogP contribution is -2.37. The first kappa shape index (κ1) is 16.8. The third-order valence-electron chi connectivity index (χ3n) is 2.80. The highest BCUT2D eigenvalue weighted by Gasteiger charge is 2.29. The molecule has 1 N–H and O–H groups in total. The van der Waals surface area contributed by atoms with Crippen LogP contribution in [0.1, 0.15) is 40.0 Å². The van der Waals surface area contributed by atoms with E-state index in [4.69, 9.17) is 0 Å². The molecule has 0 saturated carbocycles. The molecular weight excluding hydrogens is 230 g/mol. The Labute approximate surface area is 110 Å². The van der Waals surface area contributed by atoms with E-state index in [9.17, 15) is 9.59 Å². The van der Waals surface area contributed by atoms with E-state index in [2.05, 4.69) is 16.6 Å². The molecule has 18 heavy (non-hydrogen) atoms. The Morgan fingerprint density at radius 1 is 1.28 bits per heavy atom. The van der Waals surface area contributed by atoms with Crippen molar-refractivity contribution in [1.29, 1.82) is 0 Å². The summed E-state index contributed by atoms with van der Waals surface area (Å²) in [6, 6.07) is 0. The van der Waals surface area contributed by atoms with Gasteiger partial charge in [0.15, 0.2) is 0 Å². The van der Waals surface area contributed by atoms with Gasteiger partial charge in [-0.2, -0.15) is 0 Å². The molecule has 0 unspecified atom stereocenters. The van der Waals surface area contributed by atoms with E-state index in [0.29, 0.717) is 6.47 Å². The van der Waals surface area contributed by atoms with E-state index < -0.39 is 0 Å². The van der Waals surface area contributed by atoms with Crippen molar-refractivity contribution < 1.29 is 14.3 Å². The van der Waals surface area contributed by atoms with Crippen LogP contribution in [0, 0.1) is 5.41 Å². The standard InChI is InChI=1S/C9H15NO.C5H10O2/c1-2-3-9(8-11)4-6-10-7-5-9;1-5(2,3)7-4-6/h2,8,10H,1,3-7H2;4H,1-3H3. The number of piperidine rings is 1. The number of nitrogens with one attached hydrogen (secondary N) is 1. The topological polar surface area (TPSA) is 55.4 Å². The van der Waals surface area contributed by atoms with Crippen molar-refractivity contribution in [2.24, 2.45) is 5.41 Å². The van der Waals surface area contributed by atoms with Gasteiger partial charge >= 0.3 is 0 Å². The summed E-state index contributed by atoms with van der Waals surface area (Å²) in [5.74, 6) is 0. The Morgan fingerprint density at radius 3 is 2.11 bits per heavy atom. The van der Waals surface area contributed by atoms with Gasteiger partial charge in [0.05, 0.1) is 0 Å². The maximum absolute atomic E-state index is 10.8. The lowest BCUT2D eigenvalue weighted by Gasteiger charge is -2.31. The zero-order valence-electron chi connectivity index (χ0n) is 11.7. The van der Waals surface area contributed by atoms with E-state index in [1.807, 2.05) is 26.8 Å². The summed E-state index contributed by atoms with van der Waals surface area (Å²) in [5, 5.41) is 3.24. The average molecular weight is 255 g/mol. The van der Waals surface area contributed by atoms with Crippen molar-refractivity contribution >= 4 is 12.8 Å². The summed E-state index contributed by atoms with van der Waals surface area (Å²) in [4.78, 5) is 20.4. The molecule has 0 amide bonds. The number of carbonyl (C=O) groups is 2. The van der Waals surface area contributed by atoms with Gasteiger partial charge in [-0.1, -0.05) is 6.08 Å². The van der Waals surface area contributed by atoms with Crippen LogP contribution < -0.4 is 5.32 Å². The predicted molar refractivity (Wildman–Crippen MR) is 72.3 cm³/mol. The molecule has 0 aromatic rings. The van der Waals surface area contributed by atoms with E-state index in [1.165, 1.54) is 0 Å². The first-order chi connectivity index (χ1) is 8.39. The quantitative estimate of drug-likeness (QED) is 0.617. The molecule has 4 heteroatoms. The number of hydrogen-bond donors (Lipinski definition) is 1. The molecule has 1 aliphatic heterocycles. The summed E-state index contributed by atoms with van der Waals surface area (Å²) in [6.45, 7) is 11.5. The van der Waals surface area contributed by atoms with E-state index in [0.717, 1.165) is 38.6 Å². The Kier molecular flexibility index (Phi) is 7.51. The zero-order chi connectivity index (χ0) is 14.1. The smallest absolute Gasteiger partial charge is 0.293 e. The second-order valence-electron chi connectivity index (χ2n) is 5.55. The Balaban J connectivity index is 0.000000360. The number of allylic oxidation sites excluding steroid dienone is 1. The van der Waals surface area contributed by atoms with Crippen molar-refractivity contribution in [2.75, 3.05) is 13.1 Å². The van der Waals surface area contributed by atoms with Crippen LogP contribution in [0.25, 0.3) is 0 Å². The van der Waals surface area contributed by atoms with Gasteiger partial charge in [0.2, 0.25) is 0 Å². The third kappa shape index (κ3) is 7.22. The molecule has 0 aliphatic carbocycles. The number of hydrogen-bond acceptors (Lipinski definition) is 4. The van der Waals surface area contributed by atoms with Crippen LogP contribution in [0.5, 0.6) is 0 Å². The highest BCUT2D eigenvalue weighted by molar-refractivity contribution is 5.60. The fourth-order valence-corrected chi connectivity index (χ4v) is 1.73. The largest absolute Gasteiger partial charge is 0.462 e. The molecule has 0 atom stereocenters. The van der Waals surface area contributed by atoms with Crippen LogP contribution in [0.4, 0.5) is 0 Å². The van der Waals surface area contributed by atoms with Crippen LogP contribution in [-0.4, -0.2) is 31.4 Å². The van der Waals surface area contributed by atoms with Crippen LogP contribution in [-0.2, 0) is 14.3 Å². The predicted octanol–water partition coefficient (Wildman–Crippen LogP) is 2.09. The van der Waals surface area contributed by atoms with E-state index in [-0.39, 0.29) is 11.0 Å². The van der Waals surface area contributed by atoms with Crippen molar-refractivity contribution in [3.05, 3.63) is 12.7 Å². The first-order valence-electron chi connectivity index (χ1n) is 6.28. The Morgan fingerprint density at radius 2 is 1.83 bits per heavy atom. The van der Waals surface area contributed by atoms with Gasteiger partial charge in [-0.15, -0.1) is 6.58 Å². The number of carbonyl (C=O) groups excluding carboxylic acids is 2. The Hall–Kier alpha value is -1.16. The monoisotopic (exact) mass is 255 g/mol. The van der Waals surface area contributed by atoms with Crippen molar-refractivity contribution in [3.8, 4) is 0 Å². The van der Waals surface area contributed by atoms with E-state index >= 15 is 0 Å². The van der Waals surface area contributed by atoms with Gasteiger partial charge in [0.25, 0.3) is 6.47 Å². The lowest BCUT2D eigenvalue weighted by atomic mass is 9.78. The van der Waals surface area contributed by atoms with Crippen molar-refractivity contribution in [1.82, 2.24) is 5.32 Å². The maximum Gasteiger partial charge on any atom is 0.293 e. The second-order valence-corrected chi connectivity index (χ2v) is 5.55. The zero-order valence-corrected chi connectivity index (χ0v) is 11.7. The molecule has 4 nitrogen and oxygen atoms in total. The van der Waals surface area contributed by atoms with Crippen LogP contribution in [0.2, 0.25) is 0 Å². The molecule has 1 heterocycles. The first-order valence-corrected chi connectivity index (χ1v) is 6.28. The number of aldehydes is 1. The summed E-state index contributed by atoms with van der Waals surface area (Å²) >= 11 is 0. The van der Waals surface area contributed by atoms with Gasteiger partial charge < -0.3 is 14.8 Å². The molecule has 1 fully saturated rings. The molecule has 1 aliphatic rings. The van der Waals surface area contributed by atoms with Gasteiger partial charge in [-0.3, -0.25) is 4.79 Å². The van der Waals surface area contributed by atoms with Gasteiger partial charge in [0, 0.05) is 5.41 Å². The van der Waals surface area contributed by atoms with Crippen LogP contribution in [0.3, 0.4) is 0 Å². The molecular formula is C14H25NO3. The normalized spacial score (nSPS) is 17.9. The van der Waals surface area contributed by atoms with Gasteiger partial charge in [-0.25, -0.2) is 0 Å².